The lowest BCUT2D eigenvalue weighted by Crippen LogP contribution is -2.28. The van der Waals surface area contributed by atoms with Gasteiger partial charge in [0.15, 0.2) is 0 Å². The molecule has 3 amide bonds. The zero-order chi connectivity index (χ0) is 17.1. The zero-order valence-corrected chi connectivity index (χ0v) is 13.1. The van der Waals surface area contributed by atoms with E-state index in [0.717, 1.165) is 4.90 Å². The van der Waals surface area contributed by atoms with E-state index in [9.17, 15) is 14.4 Å². The Bertz CT molecular complexity index is 800. The summed E-state index contributed by atoms with van der Waals surface area (Å²) >= 11 is 0. The van der Waals surface area contributed by atoms with Crippen LogP contribution in [0.1, 0.15) is 23.2 Å². The van der Waals surface area contributed by atoms with Gasteiger partial charge in [-0.2, -0.15) is 0 Å². The average molecular weight is 324 g/mol. The number of carbonyl (C=O) groups is 3. The molecule has 0 bridgehead atoms. The van der Waals surface area contributed by atoms with Crippen LogP contribution in [0.5, 0.6) is 5.75 Å². The molecule has 2 aromatic rings. The topological polar surface area (TPSA) is 75.7 Å². The minimum atomic E-state index is -0.301. The van der Waals surface area contributed by atoms with Crippen molar-refractivity contribution in [3.63, 3.8) is 0 Å². The van der Waals surface area contributed by atoms with Crippen molar-refractivity contribution in [2.75, 3.05) is 17.3 Å². The second-order valence-electron chi connectivity index (χ2n) is 5.36. The summed E-state index contributed by atoms with van der Waals surface area (Å²) in [6.07, 6.45) is 0.443. The van der Waals surface area contributed by atoms with E-state index >= 15 is 0 Å². The molecule has 122 valence electrons. The normalized spacial score (nSPS) is 14.0. The van der Waals surface area contributed by atoms with Crippen molar-refractivity contribution in [3.05, 3.63) is 54.1 Å². The first kappa shape index (κ1) is 15.7. The van der Waals surface area contributed by atoms with Crippen LogP contribution in [0.4, 0.5) is 11.4 Å². The number of rotatable bonds is 4. The Labute approximate surface area is 139 Å². The van der Waals surface area contributed by atoms with Gasteiger partial charge in [0.05, 0.1) is 12.8 Å². The molecule has 0 aromatic heterocycles. The number of methoxy groups -OCH3 is 1. The summed E-state index contributed by atoms with van der Waals surface area (Å²) < 4.78 is 5.10. The summed E-state index contributed by atoms with van der Waals surface area (Å²) in [5, 5.41) is 2.76. The van der Waals surface area contributed by atoms with Gasteiger partial charge in [0.1, 0.15) is 5.75 Å². The lowest BCUT2D eigenvalue weighted by atomic mass is 10.2. The Morgan fingerprint density at radius 2 is 1.75 bits per heavy atom. The Morgan fingerprint density at radius 1 is 1.04 bits per heavy atom. The molecule has 0 atom stereocenters. The van der Waals surface area contributed by atoms with Crippen LogP contribution in [0.25, 0.3) is 0 Å². The SMILES string of the molecule is COc1cccc(C(=O)Nc2cccc(N3C(=O)CCC3=O)c2)c1. The van der Waals surface area contributed by atoms with Gasteiger partial charge in [-0.05, 0) is 36.4 Å². The first-order valence-corrected chi connectivity index (χ1v) is 7.50. The maximum Gasteiger partial charge on any atom is 0.255 e. The number of nitrogens with zero attached hydrogens (tertiary/aromatic N) is 1. The van der Waals surface area contributed by atoms with Crippen molar-refractivity contribution >= 4 is 29.1 Å². The molecule has 0 aliphatic carbocycles. The first-order chi connectivity index (χ1) is 11.6. The van der Waals surface area contributed by atoms with Crippen molar-refractivity contribution in [3.8, 4) is 5.75 Å². The van der Waals surface area contributed by atoms with Crippen molar-refractivity contribution < 1.29 is 19.1 Å². The number of anilines is 2. The molecule has 24 heavy (non-hydrogen) atoms. The maximum atomic E-state index is 12.3. The summed E-state index contributed by atoms with van der Waals surface area (Å²) in [6, 6.07) is 13.5. The maximum absolute atomic E-state index is 12.3. The molecule has 1 aliphatic heterocycles. The molecule has 2 aromatic carbocycles. The standard InChI is InChI=1S/C18H16N2O4/c1-24-15-7-2-4-12(10-15)18(23)19-13-5-3-6-14(11-13)20-16(21)8-9-17(20)22/h2-7,10-11H,8-9H2,1H3,(H,19,23). The number of amides is 3. The van der Waals surface area contributed by atoms with Crippen LogP contribution in [0.2, 0.25) is 0 Å². The quantitative estimate of drug-likeness (QED) is 0.877. The lowest BCUT2D eigenvalue weighted by molar-refractivity contribution is -0.121. The second kappa shape index (κ2) is 6.54. The summed E-state index contributed by atoms with van der Waals surface area (Å²) in [6.45, 7) is 0. The summed E-state index contributed by atoms with van der Waals surface area (Å²) in [5.74, 6) is -0.165. The van der Waals surface area contributed by atoms with Gasteiger partial charge in [0.25, 0.3) is 5.91 Å². The van der Waals surface area contributed by atoms with E-state index in [-0.39, 0.29) is 30.6 Å². The molecular weight excluding hydrogens is 308 g/mol. The number of ether oxygens (including phenoxy) is 1. The molecule has 1 fully saturated rings. The third-order valence-corrected chi connectivity index (χ3v) is 3.75. The molecule has 0 unspecified atom stereocenters. The summed E-state index contributed by atoms with van der Waals surface area (Å²) in [5.41, 5.74) is 1.42. The Balaban J connectivity index is 1.80. The third-order valence-electron chi connectivity index (χ3n) is 3.75. The first-order valence-electron chi connectivity index (χ1n) is 7.50. The average Bonchev–Trinajstić information content (AvgIpc) is 2.93. The van der Waals surface area contributed by atoms with Crippen molar-refractivity contribution in [2.24, 2.45) is 0 Å². The van der Waals surface area contributed by atoms with Crippen LogP contribution < -0.4 is 15.0 Å². The van der Waals surface area contributed by atoms with Gasteiger partial charge in [-0.15, -0.1) is 0 Å². The zero-order valence-electron chi connectivity index (χ0n) is 13.1. The number of hydrogen-bond donors (Lipinski definition) is 1. The van der Waals surface area contributed by atoms with Gasteiger partial charge >= 0.3 is 0 Å². The fraction of sp³-hybridized carbons (Fsp3) is 0.167. The monoisotopic (exact) mass is 324 g/mol. The molecule has 6 heteroatoms. The minimum absolute atomic E-state index is 0.221. The molecule has 0 saturated carbocycles. The summed E-state index contributed by atoms with van der Waals surface area (Å²) in [4.78, 5) is 37.1. The van der Waals surface area contributed by atoms with Gasteiger partial charge in [-0.3, -0.25) is 19.3 Å². The summed E-state index contributed by atoms with van der Waals surface area (Å²) in [7, 11) is 1.53. The lowest BCUT2D eigenvalue weighted by Gasteiger charge is -2.15. The highest BCUT2D eigenvalue weighted by molar-refractivity contribution is 6.20. The number of benzene rings is 2. The van der Waals surface area contributed by atoms with E-state index in [4.69, 9.17) is 4.74 Å². The molecule has 0 radical (unpaired) electrons. The van der Waals surface area contributed by atoms with Crippen molar-refractivity contribution in [2.45, 2.75) is 12.8 Å². The van der Waals surface area contributed by atoms with E-state index in [1.54, 1.807) is 48.5 Å². The molecule has 0 spiro atoms. The smallest absolute Gasteiger partial charge is 0.255 e. The Hall–Kier alpha value is -3.15. The molecular formula is C18H16N2O4. The van der Waals surface area contributed by atoms with Crippen LogP contribution in [-0.2, 0) is 9.59 Å². The number of hydrogen-bond acceptors (Lipinski definition) is 4. The van der Waals surface area contributed by atoms with Crippen LogP contribution in [0.15, 0.2) is 48.5 Å². The van der Waals surface area contributed by atoms with Crippen LogP contribution in [0.3, 0.4) is 0 Å². The highest BCUT2D eigenvalue weighted by Gasteiger charge is 2.30. The highest BCUT2D eigenvalue weighted by atomic mass is 16.5. The predicted octanol–water partition coefficient (Wildman–Crippen LogP) is 2.60. The predicted molar refractivity (Wildman–Crippen MR) is 89.1 cm³/mol. The molecule has 1 saturated heterocycles. The largest absolute Gasteiger partial charge is 0.497 e. The molecule has 1 aliphatic rings. The minimum Gasteiger partial charge on any atom is -0.497 e. The Kier molecular flexibility index (Phi) is 4.29. The van der Waals surface area contributed by atoms with Gasteiger partial charge in [0, 0.05) is 24.1 Å². The molecule has 6 nitrogen and oxygen atoms in total. The van der Waals surface area contributed by atoms with Gasteiger partial charge < -0.3 is 10.1 Å². The van der Waals surface area contributed by atoms with Gasteiger partial charge in [0.2, 0.25) is 11.8 Å². The number of carbonyl (C=O) groups excluding carboxylic acids is 3. The van der Waals surface area contributed by atoms with Crippen LogP contribution >= 0.6 is 0 Å². The van der Waals surface area contributed by atoms with E-state index in [1.165, 1.54) is 7.11 Å². The molecule has 3 rings (SSSR count). The fourth-order valence-corrected chi connectivity index (χ4v) is 2.55. The van der Waals surface area contributed by atoms with E-state index in [1.807, 2.05) is 0 Å². The second-order valence-corrected chi connectivity index (χ2v) is 5.36. The van der Waals surface area contributed by atoms with Crippen molar-refractivity contribution in [1.82, 2.24) is 0 Å². The van der Waals surface area contributed by atoms with E-state index in [0.29, 0.717) is 22.7 Å². The number of imide groups is 1. The highest BCUT2D eigenvalue weighted by Crippen LogP contribution is 2.25. The Morgan fingerprint density at radius 3 is 2.46 bits per heavy atom. The van der Waals surface area contributed by atoms with Crippen LogP contribution in [-0.4, -0.2) is 24.8 Å². The fourth-order valence-electron chi connectivity index (χ4n) is 2.55. The molecule has 1 N–H and O–H groups in total. The van der Waals surface area contributed by atoms with Crippen LogP contribution in [0, 0.1) is 0 Å². The van der Waals surface area contributed by atoms with Gasteiger partial charge in [-0.25, -0.2) is 0 Å². The number of nitrogens with one attached hydrogen (secondary N) is 1. The van der Waals surface area contributed by atoms with Gasteiger partial charge in [-0.1, -0.05) is 12.1 Å². The molecule has 1 heterocycles. The van der Waals surface area contributed by atoms with E-state index < -0.39 is 0 Å². The van der Waals surface area contributed by atoms with E-state index in [2.05, 4.69) is 5.32 Å². The van der Waals surface area contributed by atoms with Crippen molar-refractivity contribution in [1.29, 1.82) is 0 Å². The third kappa shape index (κ3) is 3.12.